The predicted molar refractivity (Wildman–Crippen MR) is 91.6 cm³/mol. The molecule has 3 rings (SSSR count). The number of rotatable bonds is 6. The number of likely N-dealkylation sites (N-methyl/N-ethyl adjacent to an activating group) is 1. The van der Waals surface area contributed by atoms with Crippen molar-refractivity contribution in [2.24, 2.45) is 5.92 Å². The summed E-state index contributed by atoms with van der Waals surface area (Å²) in [4.78, 5) is 18.6. The highest BCUT2D eigenvalue weighted by Crippen LogP contribution is 2.47. The normalized spacial score (nSPS) is 20.0. The van der Waals surface area contributed by atoms with E-state index < -0.39 is 0 Å². The van der Waals surface area contributed by atoms with Crippen LogP contribution in [0.25, 0.3) is 0 Å². The Labute approximate surface area is 141 Å². The predicted octanol–water partition coefficient (Wildman–Crippen LogP) is 4.18. The molecule has 0 bridgehead atoms. The molecule has 0 aromatic carbocycles. The van der Waals surface area contributed by atoms with Crippen molar-refractivity contribution < 1.29 is 9.21 Å². The molecule has 1 aliphatic rings. The Hall–Kier alpha value is -1.62. The number of hydrogen-bond donors (Lipinski definition) is 0. The van der Waals surface area contributed by atoms with Crippen molar-refractivity contribution in [2.45, 2.75) is 52.0 Å². The molecule has 1 saturated carbocycles. The average Bonchev–Trinajstić information content (AvgIpc) is 2.93. The van der Waals surface area contributed by atoms with Gasteiger partial charge in [0, 0.05) is 24.3 Å². The SMILES string of the molecule is CC(C)c1nc(CC(=O)N(C)Cc2ccc(C3CC3C)o2)cs1. The van der Waals surface area contributed by atoms with Crippen molar-refractivity contribution >= 4 is 17.2 Å². The molecule has 1 fully saturated rings. The lowest BCUT2D eigenvalue weighted by atomic mass is 10.2. The molecule has 0 aliphatic heterocycles. The smallest absolute Gasteiger partial charge is 0.228 e. The van der Waals surface area contributed by atoms with Crippen molar-refractivity contribution in [2.75, 3.05) is 7.05 Å². The van der Waals surface area contributed by atoms with Crippen LogP contribution in [-0.2, 0) is 17.8 Å². The van der Waals surface area contributed by atoms with Crippen LogP contribution in [0.4, 0.5) is 0 Å². The summed E-state index contributed by atoms with van der Waals surface area (Å²) in [6, 6.07) is 4.04. The molecule has 2 aromatic heterocycles. The van der Waals surface area contributed by atoms with Crippen LogP contribution in [0.15, 0.2) is 21.9 Å². The van der Waals surface area contributed by atoms with Crippen LogP contribution in [0.5, 0.6) is 0 Å². The first-order chi connectivity index (χ1) is 10.9. The summed E-state index contributed by atoms with van der Waals surface area (Å²) in [6.45, 7) is 6.99. The Bertz CT molecular complexity index is 689. The number of nitrogens with zero attached hydrogens (tertiary/aromatic N) is 2. The standard InChI is InChI=1S/C18H24N2O2S/c1-11(2)18-19-13(10-23-18)8-17(21)20(4)9-14-5-6-16(22-14)15-7-12(15)3/h5-6,10-12,15H,7-9H2,1-4H3. The third kappa shape index (κ3) is 3.83. The summed E-state index contributed by atoms with van der Waals surface area (Å²) >= 11 is 1.63. The fourth-order valence-corrected chi connectivity index (χ4v) is 3.51. The van der Waals surface area contributed by atoms with Gasteiger partial charge in [-0.15, -0.1) is 11.3 Å². The summed E-state index contributed by atoms with van der Waals surface area (Å²) in [6.07, 6.45) is 1.57. The molecule has 0 saturated heterocycles. The molecule has 0 spiro atoms. The van der Waals surface area contributed by atoms with E-state index in [1.165, 1.54) is 6.42 Å². The van der Waals surface area contributed by atoms with Crippen LogP contribution >= 0.6 is 11.3 Å². The van der Waals surface area contributed by atoms with E-state index in [0.717, 1.165) is 28.1 Å². The quantitative estimate of drug-likeness (QED) is 0.797. The minimum atomic E-state index is 0.0725. The minimum absolute atomic E-state index is 0.0725. The van der Waals surface area contributed by atoms with Gasteiger partial charge in [0.15, 0.2) is 0 Å². The van der Waals surface area contributed by atoms with Gasteiger partial charge in [0.25, 0.3) is 0 Å². The molecule has 124 valence electrons. The zero-order chi connectivity index (χ0) is 16.6. The van der Waals surface area contributed by atoms with Gasteiger partial charge in [-0.3, -0.25) is 4.79 Å². The Balaban J connectivity index is 1.55. The van der Waals surface area contributed by atoms with Gasteiger partial charge < -0.3 is 9.32 Å². The topological polar surface area (TPSA) is 46.3 Å². The van der Waals surface area contributed by atoms with Gasteiger partial charge in [-0.2, -0.15) is 0 Å². The van der Waals surface area contributed by atoms with Crippen LogP contribution < -0.4 is 0 Å². The molecule has 2 atom stereocenters. The van der Waals surface area contributed by atoms with Crippen LogP contribution in [0.3, 0.4) is 0 Å². The van der Waals surface area contributed by atoms with Crippen LogP contribution in [-0.4, -0.2) is 22.8 Å². The number of hydrogen-bond acceptors (Lipinski definition) is 4. The first-order valence-corrected chi connectivity index (χ1v) is 9.09. The summed E-state index contributed by atoms with van der Waals surface area (Å²) < 4.78 is 5.88. The second-order valence-electron chi connectivity index (χ2n) is 6.88. The van der Waals surface area contributed by atoms with E-state index in [2.05, 4.69) is 31.8 Å². The Kier molecular flexibility index (Phi) is 4.57. The molecule has 0 N–H and O–H groups in total. The largest absolute Gasteiger partial charge is 0.464 e. The maximum atomic E-state index is 12.3. The molecule has 2 heterocycles. The van der Waals surface area contributed by atoms with E-state index in [0.29, 0.717) is 24.8 Å². The van der Waals surface area contributed by atoms with E-state index in [4.69, 9.17) is 4.42 Å². The van der Waals surface area contributed by atoms with E-state index >= 15 is 0 Å². The second kappa shape index (κ2) is 6.48. The number of carbonyl (C=O) groups excluding carboxylic acids is 1. The van der Waals surface area contributed by atoms with Crippen LogP contribution in [0.2, 0.25) is 0 Å². The summed E-state index contributed by atoms with van der Waals surface area (Å²) in [5.74, 6) is 3.71. The van der Waals surface area contributed by atoms with E-state index in [9.17, 15) is 4.79 Å². The number of carbonyl (C=O) groups is 1. The first kappa shape index (κ1) is 16.2. The lowest BCUT2D eigenvalue weighted by Crippen LogP contribution is -2.27. The summed E-state index contributed by atoms with van der Waals surface area (Å²) in [7, 11) is 1.82. The molecule has 1 aliphatic carbocycles. The molecule has 0 radical (unpaired) electrons. The fraction of sp³-hybridized carbons (Fsp3) is 0.556. The van der Waals surface area contributed by atoms with Crippen molar-refractivity contribution in [3.63, 3.8) is 0 Å². The van der Waals surface area contributed by atoms with Gasteiger partial charge in [-0.1, -0.05) is 20.8 Å². The van der Waals surface area contributed by atoms with Crippen molar-refractivity contribution in [3.05, 3.63) is 39.7 Å². The maximum Gasteiger partial charge on any atom is 0.228 e. The highest BCUT2D eigenvalue weighted by molar-refractivity contribution is 7.09. The monoisotopic (exact) mass is 332 g/mol. The van der Waals surface area contributed by atoms with Gasteiger partial charge in [-0.05, 0) is 24.5 Å². The van der Waals surface area contributed by atoms with E-state index in [1.54, 1.807) is 16.2 Å². The van der Waals surface area contributed by atoms with Crippen LogP contribution in [0.1, 0.15) is 61.2 Å². The molecular formula is C18H24N2O2S. The lowest BCUT2D eigenvalue weighted by molar-refractivity contribution is -0.130. The zero-order valence-electron chi connectivity index (χ0n) is 14.2. The maximum absolute atomic E-state index is 12.3. The Morgan fingerprint density at radius 3 is 2.83 bits per heavy atom. The van der Waals surface area contributed by atoms with Gasteiger partial charge in [0.2, 0.25) is 5.91 Å². The Morgan fingerprint density at radius 1 is 1.48 bits per heavy atom. The van der Waals surface area contributed by atoms with Crippen LogP contribution in [0, 0.1) is 5.92 Å². The lowest BCUT2D eigenvalue weighted by Gasteiger charge is -2.15. The first-order valence-electron chi connectivity index (χ1n) is 8.21. The van der Waals surface area contributed by atoms with Gasteiger partial charge in [-0.25, -0.2) is 4.98 Å². The summed E-state index contributed by atoms with van der Waals surface area (Å²) in [5, 5.41) is 3.07. The molecule has 2 unspecified atom stereocenters. The number of aromatic nitrogens is 1. The molecular weight excluding hydrogens is 308 g/mol. The molecule has 2 aromatic rings. The minimum Gasteiger partial charge on any atom is -0.464 e. The van der Waals surface area contributed by atoms with Gasteiger partial charge >= 0.3 is 0 Å². The molecule has 5 heteroatoms. The summed E-state index contributed by atoms with van der Waals surface area (Å²) in [5.41, 5.74) is 0.863. The average molecular weight is 332 g/mol. The van der Waals surface area contributed by atoms with Crippen molar-refractivity contribution in [1.82, 2.24) is 9.88 Å². The third-order valence-corrected chi connectivity index (χ3v) is 5.57. The van der Waals surface area contributed by atoms with E-state index in [-0.39, 0.29) is 5.91 Å². The third-order valence-electron chi connectivity index (χ3n) is 4.37. The molecule has 23 heavy (non-hydrogen) atoms. The highest BCUT2D eigenvalue weighted by Gasteiger charge is 2.36. The van der Waals surface area contributed by atoms with Crippen molar-refractivity contribution in [1.29, 1.82) is 0 Å². The Morgan fingerprint density at radius 2 is 2.22 bits per heavy atom. The fourth-order valence-electron chi connectivity index (χ4n) is 2.68. The number of amides is 1. The molecule has 1 amide bonds. The van der Waals surface area contributed by atoms with Gasteiger partial charge in [0.05, 0.1) is 23.7 Å². The zero-order valence-corrected chi connectivity index (χ0v) is 15.0. The van der Waals surface area contributed by atoms with Crippen molar-refractivity contribution in [3.8, 4) is 0 Å². The number of furan rings is 1. The van der Waals surface area contributed by atoms with E-state index in [1.807, 2.05) is 18.5 Å². The number of thiazole rings is 1. The van der Waals surface area contributed by atoms with Gasteiger partial charge in [0.1, 0.15) is 11.5 Å². The second-order valence-corrected chi connectivity index (χ2v) is 7.77. The molecule has 4 nitrogen and oxygen atoms in total. The highest BCUT2D eigenvalue weighted by atomic mass is 32.1.